The number of fused-ring (bicyclic) bond motifs is 1. The standard InChI is InChI=1S/C22H21FN6O/c1-30-20-4-2-3-18(23)21(20)29-19-15-25-10-7-17(19)22(26-29)28-13-11-27(12-14-28)16-5-8-24-9-6-16/h2-10,15H,11-14H2,1H3. The summed E-state index contributed by atoms with van der Waals surface area (Å²) < 4.78 is 21.8. The Morgan fingerprint density at radius 2 is 1.63 bits per heavy atom. The number of rotatable bonds is 4. The van der Waals surface area contributed by atoms with E-state index in [1.807, 2.05) is 30.6 Å². The molecule has 4 aromatic rings. The summed E-state index contributed by atoms with van der Waals surface area (Å²) in [5, 5.41) is 5.74. The van der Waals surface area contributed by atoms with Gasteiger partial charge in [0.25, 0.3) is 0 Å². The van der Waals surface area contributed by atoms with E-state index in [1.54, 1.807) is 29.2 Å². The lowest BCUT2D eigenvalue weighted by Crippen LogP contribution is -2.46. The third kappa shape index (κ3) is 3.10. The van der Waals surface area contributed by atoms with E-state index in [9.17, 15) is 4.39 Å². The molecule has 8 heteroatoms. The SMILES string of the molecule is COc1cccc(F)c1-n1nc(N2CCN(c3ccncc3)CC2)c2ccncc21. The molecule has 1 aromatic carbocycles. The highest BCUT2D eigenvalue weighted by molar-refractivity contribution is 5.91. The van der Waals surface area contributed by atoms with E-state index in [4.69, 9.17) is 9.84 Å². The first-order valence-corrected chi connectivity index (χ1v) is 9.82. The number of halogens is 1. The van der Waals surface area contributed by atoms with Crippen LogP contribution in [0.1, 0.15) is 0 Å². The number of nitrogens with zero attached hydrogens (tertiary/aromatic N) is 6. The van der Waals surface area contributed by atoms with E-state index in [2.05, 4.69) is 19.8 Å². The molecule has 0 atom stereocenters. The topological polar surface area (TPSA) is 59.3 Å². The van der Waals surface area contributed by atoms with E-state index in [-0.39, 0.29) is 0 Å². The summed E-state index contributed by atoms with van der Waals surface area (Å²) in [6.07, 6.45) is 7.08. The van der Waals surface area contributed by atoms with Crippen LogP contribution in [0.2, 0.25) is 0 Å². The average molecular weight is 404 g/mol. The van der Waals surface area contributed by atoms with Crippen molar-refractivity contribution in [2.75, 3.05) is 43.1 Å². The van der Waals surface area contributed by atoms with Gasteiger partial charge in [-0.2, -0.15) is 0 Å². The van der Waals surface area contributed by atoms with E-state index >= 15 is 0 Å². The molecule has 30 heavy (non-hydrogen) atoms. The lowest BCUT2D eigenvalue weighted by molar-refractivity contribution is 0.408. The monoisotopic (exact) mass is 404 g/mol. The first kappa shape index (κ1) is 18.4. The summed E-state index contributed by atoms with van der Waals surface area (Å²) in [4.78, 5) is 12.9. The quantitative estimate of drug-likeness (QED) is 0.520. The van der Waals surface area contributed by atoms with Gasteiger partial charge < -0.3 is 14.5 Å². The number of hydrogen-bond donors (Lipinski definition) is 0. The largest absolute Gasteiger partial charge is 0.494 e. The number of hydrogen-bond acceptors (Lipinski definition) is 6. The van der Waals surface area contributed by atoms with Crippen molar-refractivity contribution in [1.82, 2.24) is 19.7 Å². The molecule has 3 aromatic heterocycles. The van der Waals surface area contributed by atoms with Crippen molar-refractivity contribution in [3.05, 3.63) is 67.0 Å². The Balaban J connectivity index is 1.52. The third-order valence-corrected chi connectivity index (χ3v) is 5.45. The summed E-state index contributed by atoms with van der Waals surface area (Å²) in [5.41, 5.74) is 2.20. The van der Waals surface area contributed by atoms with Gasteiger partial charge in [-0.05, 0) is 30.3 Å². The highest BCUT2D eigenvalue weighted by Gasteiger charge is 2.24. The van der Waals surface area contributed by atoms with E-state index in [0.29, 0.717) is 11.4 Å². The molecule has 1 aliphatic rings. The summed E-state index contributed by atoms with van der Waals surface area (Å²) in [5.74, 6) is 0.862. The van der Waals surface area contributed by atoms with E-state index in [0.717, 1.165) is 42.9 Å². The fourth-order valence-corrected chi connectivity index (χ4v) is 3.95. The van der Waals surface area contributed by atoms with Crippen LogP contribution in [0.3, 0.4) is 0 Å². The number of benzene rings is 1. The molecule has 1 aliphatic heterocycles. The fourth-order valence-electron chi connectivity index (χ4n) is 3.95. The van der Waals surface area contributed by atoms with Gasteiger partial charge in [0.2, 0.25) is 0 Å². The number of aromatic nitrogens is 4. The summed E-state index contributed by atoms with van der Waals surface area (Å²) >= 11 is 0. The Labute approximate surface area is 173 Å². The van der Waals surface area contributed by atoms with Crippen LogP contribution in [0, 0.1) is 5.82 Å². The van der Waals surface area contributed by atoms with Crippen LogP contribution in [-0.2, 0) is 0 Å². The Morgan fingerprint density at radius 1 is 0.900 bits per heavy atom. The first-order chi connectivity index (χ1) is 14.8. The molecule has 0 spiro atoms. The fraction of sp³-hybridized carbons (Fsp3) is 0.227. The zero-order valence-corrected chi connectivity index (χ0v) is 16.6. The molecule has 0 aliphatic carbocycles. The maximum atomic E-state index is 14.8. The van der Waals surface area contributed by atoms with Crippen molar-refractivity contribution in [3.8, 4) is 11.4 Å². The molecule has 0 saturated carbocycles. The van der Waals surface area contributed by atoms with Gasteiger partial charge in [-0.25, -0.2) is 9.07 Å². The molecule has 0 unspecified atom stereocenters. The van der Waals surface area contributed by atoms with Gasteiger partial charge in [0, 0.05) is 55.8 Å². The van der Waals surface area contributed by atoms with Crippen LogP contribution in [0.15, 0.2) is 61.2 Å². The van der Waals surface area contributed by atoms with Crippen molar-refractivity contribution < 1.29 is 9.13 Å². The van der Waals surface area contributed by atoms with Gasteiger partial charge in [0.15, 0.2) is 11.6 Å². The predicted octanol–water partition coefficient (Wildman–Crippen LogP) is 3.29. The Morgan fingerprint density at radius 3 is 2.40 bits per heavy atom. The summed E-state index contributed by atoms with van der Waals surface area (Å²) in [6.45, 7) is 3.36. The molecule has 1 fully saturated rings. The van der Waals surface area contributed by atoms with Crippen molar-refractivity contribution >= 4 is 22.4 Å². The Hall–Kier alpha value is -3.68. The lowest BCUT2D eigenvalue weighted by atomic mass is 10.2. The maximum absolute atomic E-state index is 14.8. The van der Waals surface area contributed by atoms with Crippen LogP contribution in [0.5, 0.6) is 5.75 Å². The molecular formula is C22H21FN6O. The van der Waals surface area contributed by atoms with Crippen molar-refractivity contribution in [1.29, 1.82) is 0 Å². The van der Waals surface area contributed by atoms with Gasteiger partial charge in [0.05, 0.1) is 18.8 Å². The van der Waals surface area contributed by atoms with Crippen molar-refractivity contribution in [3.63, 3.8) is 0 Å². The molecule has 5 rings (SSSR count). The van der Waals surface area contributed by atoms with Gasteiger partial charge in [-0.3, -0.25) is 9.97 Å². The van der Waals surface area contributed by atoms with E-state index in [1.165, 1.54) is 18.9 Å². The molecule has 152 valence electrons. The number of pyridine rings is 2. The van der Waals surface area contributed by atoms with Crippen LogP contribution < -0.4 is 14.5 Å². The molecule has 0 N–H and O–H groups in total. The minimum absolute atomic E-state index is 0.291. The molecule has 0 amide bonds. The number of ether oxygens (including phenoxy) is 1. The molecule has 7 nitrogen and oxygen atoms in total. The van der Waals surface area contributed by atoms with Crippen LogP contribution in [0.4, 0.5) is 15.9 Å². The smallest absolute Gasteiger partial charge is 0.159 e. The van der Waals surface area contributed by atoms with Gasteiger partial charge in [-0.1, -0.05) is 6.07 Å². The number of methoxy groups -OCH3 is 1. The normalized spacial score (nSPS) is 14.3. The number of piperazine rings is 1. The zero-order chi connectivity index (χ0) is 20.5. The molecule has 1 saturated heterocycles. The number of anilines is 2. The minimum atomic E-state index is -0.392. The zero-order valence-electron chi connectivity index (χ0n) is 16.6. The molecule has 0 bridgehead atoms. The second kappa shape index (κ2) is 7.62. The lowest BCUT2D eigenvalue weighted by Gasteiger charge is -2.36. The maximum Gasteiger partial charge on any atom is 0.159 e. The predicted molar refractivity (Wildman–Crippen MR) is 114 cm³/mol. The number of para-hydroxylation sites is 1. The molecule has 4 heterocycles. The third-order valence-electron chi connectivity index (χ3n) is 5.45. The summed E-state index contributed by atoms with van der Waals surface area (Å²) in [7, 11) is 1.53. The van der Waals surface area contributed by atoms with Gasteiger partial charge >= 0.3 is 0 Å². The molecule has 0 radical (unpaired) electrons. The van der Waals surface area contributed by atoms with Gasteiger partial charge in [-0.15, -0.1) is 5.10 Å². The van der Waals surface area contributed by atoms with Crippen molar-refractivity contribution in [2.45, 2.75) is 0 Å². The Kier molecular flexibility index (Phi) is 4.66. The molecular weight excluding hydrogens is 383 g/mol. The van der Waals surface area contributed by atoms with Crippen LogP contribution >= 0.6 is 0 Å². The Bertz CT molecular complexity index is 1170. The van der Waals surface area contributed by atoms with Crippen LogP contribution in [-0.4, -0.2) is 53.0 Å². The first-order valence-electron chi connectivity index (χ1n) is 9.82. The second-order valence-corrected chi connectivity index (χ2v) is 7.10. The average Bonchev–Trinajstić information content (AvgIpc) is 3.19. The second-order valence-electron chi connectivity index (χ2n) is 7.10. The van der Waals surface area contributed by atoms with Gasteiger partial charge in [0.1, 0.15) is 11.4 Å². The summed E-state index contributed by atoms with van der Waals surface area (Å²) in [6, 6.07) is 10.7. The van der Waals surface area contributed by atoms with E-state index < -0.39 is 5.82 Å². The highest BCUT2D eigenvalue weighted by atomic mass is 19.1. The van der Waals surface area contributed by atoms with Crippen molar-refractivity contribution in [2.24, 2.45) is 0 Å². The van der Waals surface area contributed by atoms with Crippen LogP contribution in [0.25, 0.3) is 16.6 Å². The highest BCUT2D eigenvalue weighted by Crippen LogP contribution is 2.33. The minimum Gasteiger partial charge on any atom is -0.494 e.